The summed E-state index contributed by atoms with van der Waals surface area (Å²) < 4.78 is 1.30. The minimum absolute atomic E-state index is 0.164. The molecule has 23 heavy (non-hydrogen) atoms. The predicted molar refractivity (Wildman–Crippen MR) is 88.9 cm³/mol. The standard InChI is InChI=1S/C15H11Cl2N5O/c16-11-7-4-8-18-14(11)22-12(9-13(17)21-22)15(23)20-19-10-5-2-1-3-6-10/h1-9,19H,(H,20,23). The van der Waals surface area contributed by atoms with Crippen LogP contribution in [0.5, 0.6) is 0 Å². The summed E-state index contributed by atoms with van der Waals surface area (Å²) in [5.74, 6) is -0.0964. The van der Waals surface area contributed by atoms with E-state index < -0.39 is 5.91 Å². The Kier molecular flexibility index (Phi) is 4.45. The lowest BCUT2D eigenvalue weighted by Gasteiger charge is -2.10. The molecule has 6 nitrogen and oxygen atoms in total. The van der Waals surface area contributed by atoms with Gasteiger partial charge in [-0.1, -0.05) is 41.4 Å². The van der Waals surface area contributed by atoms with Crippen molar-refractivity contribution in [2.45, 2.75) is 0 Å². The Morgan fingerprint density at radius 1 is 1.09 bits per heavy atom. The highest BCUT2D eigenvalue weighted by atomic mass is 35.5. The molecule has 0 unspecified atom stereocenters. The highest BCUT2D eigenvalue weighted by Gasteiger charge is 2.18. The molecule has 8 heteroatoms. The SMILES string of the molecule is O=C(NNc1ccccc1)c1cc(Cl)nn1-c1ncccc1Cl. The zero-order valence-corrected chi connectivity index (χ0v) is 13.2. The molecule has 0 radical (unpaired) electrons. The molecule has 3 rings (SSSR count). The van der Waals surface area contributed by atoms with Crippen LogP contribution in [0, 0.1) is 0 Å². The maximum atomic E-state index is 12.4. The molecule has 3 aromatic rings. The molecule has 2 N–H and O–H groups in total. The number of nitrogens with zero attached hydrogens (tertiary/aromatic N) is 3. The lowest BCUT2D eigenvalue weighted by Crippen LogP contribution is -2.31. The number of hydrazine groups is 1. The molecular weight excluding hydrogens is 337 g/mol. The molecule has 0 spiro atoms. The van der Waals surface area contributed by atoms with Crippen molar-refractivity contribution in [1.29, 1.82) is 0 Å². The molecule has 0 aliphatic heterocycles. The van der Waals surface area contributed by atoms with Gasteiger partial charge < -0.3 is 0 Å². The number of hydrogen-bond acceptors (Lipinski definition) is 4. The van der Waals surface area contributed by atoms with E-state index in [0.29, 0.717) is 10.8 Å². The monoisotopic (exact) mass is 347 g/mol. The number of rotatable bonds is 4. The Hall–Kier alpha value is -2.57. The number of hydrogen-bond donors (Lipinski definition) is 2. The average Bonchev–Trinajstić information content (AvgIpc) is 2.96. The zero-order valence-electron chi connectivity index (χ0n) is 11.7. The van der Waals surface area contributed by atoms with Gasteiger partial charge in [0.25, 0.3) is 5.91 Å². The third-order valence-electron chi connectivity index (χ3n) is 2.95. The largest absolute Gasteiger partial charge is 0.298 e. The van der Waals surface area contributed by atoms with E-state index in [4.69, 9.17) is 23.2 Å². The number of amides is 1. The summed E-state index contributed by atoms with van der Waals surface area (Å²) in [5, 5.41) is 4.59. The van der Waals surface area contributed by atoms with Crippen molar-refractivity contribution >= 4 is 34.8 Å². The first-order valence-corrected chi connectivity index (χ1v) is 7.38. The Bertz CT molecular complexity index is 835. The molecule has 0 saturated heterocycles. The molecule has 0 fully saturated rings. The second-order valence-electron chi connectivity index (χ2n) is 4.52. The number of pyridine rings is 1. The highest BCUT2D eigenvalue weighted by molar-refractivity contribution is 6.32. The lowest BCUT2D eigenvalue weighted by molar-refractivity contribution is 0.0955. The van der Waals surface area contributed by atoms with Crippen molar-refractivity contribution in [3.63, 3.8) is 0 Å². The predicted octanol–water partition coefficient (Wildman–Crippen LogP) is 3.33. The molecule has 0 aliphatic carbocycles. The number of benzene rings is 1. The van der Waals surface area contributed by atoms with Gasteiger partial charge in [0.1, 0.15) is 5.69 Å². The van der Waals surface area contributed by atoms with Crippen molar-refractivity contribution < 1.29 is 4.79 Å². The van der Waals surface area contributed by atoms with Crippen LogP contribution in [-0.4, -0.2) is 20.7 Å². The van der Waals surface area contributed by atoms with Gasteiger partial charge in [0.2, 0.25) is 0 Å². The maximum absolute atomic E-state index is 12.4. The number of carbonyl (C=O) groups is 1. The molecule has 1 aromatic carbocycles. The van der Waals surface area contributed by atoms with Gasteiger partial charge in [-0.25, -0.2) is 9.67 Å². The second kappa shape index (κ2) is 6.68. The first-order chi connectivity index (χ1) is 11.1. The third-order valence-corrected chi connectivity index (χ3v) is 3.43. The van der Waals surface area contributed by atoms with Crippen LogP contribution in [0.3, 0.4) is 0 Å². The van der Waals surface area contributed by atoms with Crippen molar-refractivity contribution in [1.82, 2.24) is 20.2 Å². The first-order valence-electron chi connectivity index (χ1n) is 6.63. The minimum Gasteiger partial charge on any atom is -0.298 e. The Morgan fingerprint density at radius 3 is 2.61 bits per heavy atom. The molecule has 0 atom stereocenters. The number of para-hydroxylation sites is 1. The number of halogens is 2. The number of carbonyl (C=O) groups excluding carboxylic acids is 1. The van der Waals surface area contributed by atoms with Crippen molar-refractivity contribution in [2.24, 2.45) is 0 Å². The van der Waals surface area contributed by atoms with Crippen molar-refractivity contribution in [3.8, 4) is 5.82 Å². The maximum Gasteiger partial charge on any atom is 0.288 e. The van der Waals surface area contributed by atoms with Crippen LogP contribution in [0.25, 0.3) is 5.82 Å². The third kappa shape index (κ3) is 3.44. The van der Waals surface area contributed by atoms with Gasteiger partial charge >= 0.3 is 0 Å². The first kappa shape index (κ1) is 15.3. The fourth-order valence-electron chi connectivity index (χ4n) is 1.92. The summed E-state index contributed by atoms with van der Waals surface area (Å²) in [6.45, 7) is 0. The van der Waals surface area contributed by atoms with E-state index in [1.54, 1.807) is 18.3 Å². The molecule has 0 saturated carbocycles. The van der Waals surface area contributed by atoms with E-state index in [9.17, 15) is 4.79 Å². The lowest BCUT2D eigenvalue weighted by atomic mass is 10.3. The normalized spacial score (nSPS) is 10.3. The molecule has 2 aromatic heterocycles. The topological polar surface area (TPSA) is 71.8 Å². The smallest absolute Gasteiger partial charge is 0.288 e. The van der Waals surface area contributed by atoms with Gasteiger partial charge in [0.05, 0.1) is 10.7 Å². The fraction of sp³-hybridized carbons (Fsp3) is 0. The minimum atomic E-state index is -0.421. The van der Waals surface area contributed by atoms with Gasteiger partial charge in [-0.05, 0) is 24.3 Å². The van der Waals surface area contributed by atoms with Gasteiger partial charge in [-0.2, -0.15) is 5.10 Å². The van der Waals surface area contributed by atoms with Crippen LogP contribution in [0.15, 0.2) is 54.7 Å². The van der Waals surface area contributed by atoms with Crippen molar-refractivity contribution in [2.75, 3.05) is 5.43 Å². The van der Waals surface area contributed by atoms with Gasteiger partial charge in [0, 0.05) is 12.3 Å². The highest BCUT2D eigenvalue weighted by Crippen LogP contribution is 2.20. The van der Waals surface area contributed by atoms with Crippen molar-refractivity contribution in [3.05, 3.63) is 70.6 Å². The van der Waals surface area contributed by atoms with Crippen LogP contribution in [0.2, 0.25) is 10.2 Å². The van der Waals surface area contributed by atoms with Gasteiger partial charge in [-0.3, -0.25) is 15.6 Å². The summed E-state index contributed by atoms with van der Waals surface area (Å²) in [7, 11) is 0. The summed E-state index contributed by atoms with van der Waals surface area (Å²) in [6.07, 6.45) is 1.56. The van der Waals surface area contributed by atoms with E-state index in [0.717, 1.165) is 5.69 Å². The molecule has 2 heterocycles. The molecule has 0 aliphatic rings. The molecule has 1 amide bonds. The van der Waals surface area contributed by atoms with Crippen LogP contribution in [-0.2, 0) is 0 Å². The van der Waals surface area contributed by atoms with Crippen LogP contribution in [0.4, 0.5) is 5.69 Å². The molecule has 116 valence electrons. The molecular formula is C15H11Cl2N5O. The Morgan fingerprint density at radius 2 is 1.87 bits per heavy atom. The Labute approximate surface area is 142 Å². The van der Waals surface area contributed by atoms with Crippen LogP contribution < -0.4 is 10.9 Å². The Balaban J connectivity index is 1.85. The van der Waals surface area contributed by atoms with Crippen LogP contribution >= 0.6 is 23.2 Å². The fourth-order valence-corrected chi connectivity index (χ4v) is 2.30. The van der Waals surface area contributed by atoms with E-state index in [1.165, 1.54) is 10.7 Å². The van der Waals surface area contributed by atoms with E-state index >= 15 is 0 Å². The number of anilines is 1. The quantitative estimate of drug-likeness (QED) is 0.710. The summed E-state index contributed by atoms with van der Waals surface area (Å²) in [6, 6.07) is 14.0. The number of aromatic nitrogens is 3. The summed E-state index contributed by atoms with van der Waals surface area (Å²) >= 11 is 12.0. The summed E-state index contributed by atoms with van der Waals surface area (Å²) in [5.41, 5.74) is 6.34. The van der Waals surface area contributed by atoms with Gasteiger partial charge in [0.15, 0.2) is 11.0 Å². The van der Waals surface area contributed by atoms with E-state index in [1.807, 2.05) is 30.3 Å². The zero-order chi connectivity index (χ0) is 16.2. The second-order valence-corrected chi connectivity index (χ2v) is 5.31. The van der Waals surface area contributed by atoms with Gasteiger partial charge in [-0.15, -0.1) is 0 Å². The molecule has 0 bridgehead atoms. The van der Waals surface area contributed by atoms with Crippen LogP contribution in [0.1, 0.15) is 10.5 Å². The van der Waals surface area contributed by atoms with E-state index in [2.05, 4.69) is 20.9 Å². The summed E-state index contributed by atoms with van der Waals surface area (Å²) in [4.78, 5) is 16.5. The number of nitrogens with one attached hydrogen (secondary N) is 2. The average molecular weight is 348 g/mol. The van der Waals surface area contributed by atoms with E-state index in [-0.39, 0.29) is 10.8 Å².